The third-order valence-corrected chi connectivity index (χ3v) is 4.89. The number of carbonyl (C=O) groups is 2. The molecule has 7 heteroatoms. The third-order valence-electron chi connectivity index (χ3n) is 4.89. The molecule has 3 rings (SSSR count). The van der Waals surface area contributed by atoms with Crippen molar-refractivity contribution in [3.63, 3.8) is 0 Å². The van der Waals surface area contributed by atoms with Crippen molar-refractivity contribution in [2.24, 2.45) is 7.05 Å². The zero-order chi connectivity index (χ0) is 17.2. The van der Waals surface area contributed by atoms with Gasteiger partial charge in [-0.3, -0.25) is 9.59 Å². The van der Waals surface area contributed by atoms with Gasteiger partial charge in [0.25, 0.3) is 5.91 Å². The predicted molar refractivity (Wildman–Crippen MR) is 87.7 cm³/mol. The summed E-state index contributed by atoms with van der Waals surface area (Å²) in [6, 6.07) is 3.72. The van der Waals surface area contributed by atoms with Gasteiger partial charge >= 0.3 is 0 Å². The highest BCUT2D eigenvalue weighted by molar-refractivity contribution is 5.92. The number of amides is 2. The fourth-order valence-electron chi connectivity index (χ4n) is 3.58. The van der Waals surface area contributed by atoms with E-state index in [1.807, 2.05) is 34.8 Å². The molecule has 0 radical (unpaired) electrons. The van der Waals surface area contributed by atoms with Gasteiger partial charge in [0.05, 0.1) is 24.9 Å². The summed E-state index contributed by atoms with van der Waals surface area (Å²) < 4.78 is 13.5. The van der Waals surface area contributed by atoms with Crippen LogP contribution in [0.4, 0.5) is 0 Å². The largest absolute Gasteiger partial charge is 0.370 e. The SMILES string of the molecule is CNC(=O)CO[C@@H]1CO[C@@]2(CCCN(C(=O)c3cccn3C)C2)C1. The molecular formula is C17H25N3O4. The van der Waals surface area contributed by atoms with E-state index in [1.165, 1.54) is 0 Å². The van der Waals surface area contributed by atoms with E-state index in [9.17, 15) is 9.59 Å². The van der Waals surface area contributed by atoms with Crippen molar-refractivity contribution in [2.75, 3.05) is 33.4 Å². The molecule has 2 amide bonds. The number of ether oxygens (including phenoxy) is 2. The molecule has 0 bridgehead atoms. The highest BCUT2D eigenvalue weighted by atomic mass is 16.6. The van der Waals surface area contributed by atoms with Gasteiger partial charge in [-0.15, -0.1) is 0 Å². The molecule has 0 unspecified atom stereocenters. The van der Waals surface area contributed by atoms with Crippen molar-refractivity contribution in [1.82, 2.24) is 14.8 Å². The van der Waals surface area contributed by atoms with Crippen LogP contribution in [0.1, 0.15) is 29.8 Å². The van der Waals surface area contributed by atoms with Crippen molar-refractivity contribution in [1.29, 1.82) is 0 Å². The summed E-state index contributed by atoms with van der Waals surface area (Å²) in [7, 11) is 3.47. The first-order valence-electron chi connectivity index (χ1n) is 8.40. The molecule has 1 aromatic heterocycles. The average Bonchev–Trinajstić information content (AvgIpc) is 3.18. The Kier molecular flexibility index (Phi) is 4.91. The van der Waals surface area contributed by atoms with E-state index in [-0.39, 0.29) is 30.1 Å². The molecule has 1 aromatic rings. The van der Waals surface area contributed by atoms with Crippen molar-refractivity contribution < 1.29 is 19.1 Å². The molecule has 2 fully saturated rings. The number of nitrogens with zero attached hydrogens (tertiary/aromatic N) is 2. The first-order valence-corrected chi connectivity index (χ1v) is 8.40. The first-order chi connectivity index (χ1) is 11.5. The topological polar surface area (TPSA) is 72.8 Å². The molecule has 0 saturated carbocycles. The predicted octanol–water partition coefficient (Wildman–Crippen LogP) is 0.551. The van der Waals surface area contributed by atoms with Gasteiger partial charge in [-0.25, -0.2) is 0 Å². The number of aryl methyl sites for hydroxylation is 1. The number of likely N-dealkylation sites (tertiary alicyclic amines) is 1. The highest BCUT2D eigenvalue weighted by Gasteiger charge is 2.45. The number of carbonyl (C=O) groups excluding carboxylic acids is 2. The Labute approximate surface area is 141 Å². The van der Waals surface area contributed by atoms with Crippen LogP contribution >= 0.6 is 0 Å². The second-order valence-electron chi connectivity index (χ2n) is 6.64. The standard InChI is InChI=1S/C17H25N3O4/c1-18-15(21)11-23-13-9-17(24-10-13)6-4-8-20(12-17)16(22)14-5-3-7-19(14)2/h3,5,7,13H,4,6,8-12H2,1-2H3,(H,18,21)/t13-,17-/m0/s1. The minimum absolute atomic E-state index is 0.0416. The van der Waals surface area contributed by atoms with Gasteiger partial charge in [-0.05, 0) is 25.0 Å². The van der Waals surface area contributed by atoms with Gasteiger partial charge in [-0.1, -0.05) is 0 Å². The molecule has 0 aliphatic carbocycles. The molecule has 1 N–H and O–H groups in total. The Morgan fingerprint density at radius 1 is 1.50 bits per heavy atom. The summed E-state index contributed by atoms with van der Waals surface area (Å²) in [5.41, 5.74) is 0.351. The smallest absolute Gasteiger partial charge is 0.270 e. The molecule has 2 aliphatic rings. The number of aromatic nitrogens is 1. The summed E-state index contributed by atoms with van der Waals surface area (Å²) in [6.45, 7) is 1.85. The number of rotatable bonds is 4. The minimum Gasteiger partial charge on any atom is -0.370 e. The Morgan fingerprint density at radius 3 is 3.04 bits per heavy atom. The van der Waals surface area contributed by atoms with Crippen LogP contribution < -0.4 is 5.32 Å². The van der Waals surface area contributed by atoms with Crippen LogP contribution in [-0.4, -0.2) is 66.3 Å². The number of hydrogen-bond acceptors (Lipinski definition) is 4. The Morgan fingerprint density at radius 2 is 2.33 bits per heavy atom. The van der Waals surface area contributed by atoms with Crippen molar-refractivity contribution in [3.8, 4) is 0 Å². The monoisotopic (exact) mass is 335 g/mol. The van der Waals surface area contributed by atoms with Crippen LogP contribution in [0.25, 0.3) is 0 Å². The molecule has 7 nitrogen and oxygen atoms in total. The third kappa shape index (κ3) is 3.47. The Hall–Kier alpha value is -1.86. The number of piperidine rings is 1. The van der Waals surface area contributed by atoms with Crippen molar-refractivity contribution in [2.45, 2.75) is 31.0 Å². The van der Waals surface area contributed by atoms with Crippen molar-refractivity contribution in [3.05, 3.63) is 24.0 Å². The van der Waals surface area contributed by atoms with E-state index in [0.717, 1.165) is 25.8 Å². The zero-order valence-corrected chi connectivity index (χ0v) is 14.3. The summed E-state index contributed by atoms with van der Waals surface area (Å²) in [4.78, 5) is 25.9. The lowest BCUT2D eigenvalue weighted by Crippen LogP contribution is -2.50. The molecular weight excluding hydrogens is 310 g/mol. The maximum atomic E-state index is 12.7. The van der Waals surface area contributed by atoms with E-state index >= 15 is 0 Å². The fraction of sp³-hybridized carbons (Fsp3) is 0.647. The molecule has 0 aromatic carbocycles. The molecule has 132 valence electrons. The fourth-order valence-corrected chi connectivity index (χ4v) is 3.58. The average molecular weight is 335 g/mol. The first kappa shape index (κ1) is 17.0. The molecule has 24 heavy (non-hydrogen) atoms. The summed E-state index contributed by atoms with van der Waals surface area (Å²) >= 11 is 0. The molecule has 3 heterocycles. The maximum absolute atomic E-state index is 12.7. The van der Waals surface area contributed by atoms with E-state index in [0.29, 0.717) is 18.8 Å². The van der Waals surface area contributed by atoms with Gasteiger partial charge in [0.15, 0.2) is 0 Å². The van der Waals surface area contributed by atoms with Crippen molar-refractivity contribution >= 4 is 11.8 Å². The Bertz CT molecular complexity index is 615. The van der Waals surface area contributed by atoms with E-state index in [4.69, 9.17) is 9.47 Å². The van der Waals surface area contributed by atoms with Gasteiger partial charge in [0.2, 0.25) is 5.91 Å². The highest BCUT2D eigenvalue weighted by Crippen LogP contribution is 2.36. The number of nitrogens with one attached hydrogen (secondary N) is 1. The van der Waals surface area contributed by atoms with Crippen LogP contribution in [0.3, 0.4) is 0 Å². The van der Waals surface area contributed by atoms with E-state index in [2.05, 4.69) is 5.32 Å². The normalized spacial score (nSPS) is 26.8. The molecule has 1 spiro atoms. The number of likely N-dealkylation sites (N-methyl/N-ethyl adjacent to an activating group) is 1. The van der Waals surface area contributed by atoms with E-state index in [1.54, 1.807) is 7.05 Å². The van der Waals surface area contributed by atoms with Crippen LogP contribution in [0.15, 0.2) is 18.3 Å². The summed E-state index contributed by atoms with van der Waals surface area (Å²) in [6.07, 6.45) is 4.34. The minimum atomic E-state index is -0.341. The quantitative estimate of drug-likeness (QED) is 0.872. The second-order valence-corrected chi connectivity index (χ2v) is 6.64. The lowest BCUT2D eigenvalue weighted by atomic mass is 9.89. The van der Waals surface area contributed by atoms with Crippen LogP contribution in [0.5, 0.6) is 0 Å². The van der Waals surface area contributed by atoms with Crippen LogP contribution in [0.2, 0.25) is 0 Å². The van der Waals surface area contributed by atoms with Crippen LogP contribution in [0, 0.1) is 0 Å². The maximum Gasteiger partial charge on any atom is 0.270 e. The zero-order valence-electron chi connectivity index (χ0n) is 14.3. The van der Waals surface area contributed by atoms with Gasteiger partial charge in [-0.2, -0.15) is 0 Å². The van der Waals surface area contributed by atoms with E-state index < -0.39 is 0 Å². The lowest BCUT2D eigenvalue weighted by molar-refractivity contribution is -0.127. The summed E-state index contributed by atoms with van der Waals surface area (Å²) in [5.74, 6) is -0.0972. The number of hydrogen-bond donors (Lipinski definition) is 1. The van der Waals surface area contributed by atoms with Gasteiger partial charge in [0.1, 0.15) is 12.3 Å². The second kappa shape index (κ2) is 6.94. The molecule has 2 saturated heterocycles. The van der Waals surface area contributed by atoms with Gasteiger partial charge in [0, 0.05) is 33.3 Å². The molecule has 2 atom stereocenters. The van der Waals surface area contributed by atoms with Crippen LogP contribution in [-0.2, 0) is 21.3 Å². The summed E-state index contributed by atoms with van der Waals surface area (Å²) in [5, 5.41) is 2.54. The molecule has 2 aliphatic heterocycles. The van der Waals surface area contributed by atoms with Gasteiger partial charge < -0.3 is 24.3 Å². The lowest BCUT2D eigenvalue weighted by Gasteiger charge is -2.39. The Balaban J connectivity index is 1.60.